The van der Waals surface area contributed by atoms with Crippen LogP contribution >= 0.6 is 11.3 Å². The van der Waals surface area contributed by atoms with E-state index < -0.39 is 10.0 Å². The summed E-state index contributed by atoms with van der Waals surface area (Å²) in [5.41, 5.74) is 2.78. The molecule has 2 heterocycles. The molecule has 0 bridgehead atoms. The standard InChI is InChI=1S/C19H26N2O2S2/c1-19(2,3)17-8-6-16(7-9-17)15-20-10-12-21(13-11-20)25(22,23)18-5-4-14-24-18/h4-9,14H,10-13,15H2,1-3H3. The Balaban J connectivity index is 1.58. The minimum atomic E-state index is -3.31. The van der Waals surface area contributed by atoms with E-state index in [2.05, 4.69) is 49.9 Å². The van der Waals surface area contributed by atoms with Gasteiger partial charge in [0, 0.05) is 32.7 Å². The molecule has 0 aliphatic carbocycles. The number of piperazine rings is 1. The van der Waals surface area contributed by atoms with Crippen LogP contribution in [0.4, 0.5) is 0 Å². The molecule has 0 unspecified atom stereocenters. The van der Waals surface area contributed by atoms with Crippen LogP contribution in [0.5, 0.6) is 0 Å². The van der Waals surface area contributed by atoms with Gasteiger partial charge in [-0.3, -0.25) is 4.90 Å². The zero-order valence-corrected chi connectivity index (χ0v) is 16.7. The van der Waals surface area contributed by atoms with Gasteiger partial charge in [0.25, 0.3) is 10.0 Å². The van der Waals surface area contributed by atoms with Gasteiger partial charge in [0.1, 0.15) is 4.21 Å². The van der Waals surface area contributed by atoms with Crippen molar-refractivity contribution in [1.82, 2.24) is 9.21 Å². The predicted molar refractivity (Wildman–Crippen MR) is 103 cm³/mol. The molecule has 0 N–H and O–H groups in total. The predicted octanol–water partition coefficient (Wildman–Crippen LogP) is 3.55. The van der Waals surface area contributed by atoms with Gasteiger partial charge in [0.15, 0.2) is 0 Å². The Morgan fingerprint density at radius 3 is 2.16 bits per heavy atom. The summed E-state index contributed by atoms with van der Waals surface area (Å²) in [6.07, 6.45) is 0. The van der Waals surface area contributed by atoms with Crippen LogP contribution in [0.3, 0.4) is 0 Å². The summed E-state index contributed by atoms with van der Waals surface area (Å²) >= 11 is 1.29. The van der Waals surface area contributed by atoms with E-state index in [0.29, 0.717) is 17.3 Å². The maximum absolute atomic E-state index is 12.6. The number of hydrogen-bond donors (Lipinski definition) is 0. The van der Waals surface area contributed by atoms with Crippen LogP contribution in [0.15, 0.2) is 46.0 Å². The zero-order valence-electron chi connectivity index (χ0n) is 15.1. The average molecular weight is 379 g/mol. The molecule has 0 radical (unpaired) electrons. The van der Waals surface area contributed by atoms with Crippen molar-refractivity contribution in [1.29, 1.82) is 0 Å². The minimum Gasteiger partial charge on any atom is -0.296 e. The van der Waals surface area contributed by atoms with Gasteiger partial charge >= 0.3 is 0 Å². The molecular weight excluding hydrogens is 352 g/mol. The van der Waals surface area contributed by atoms with Crippen molar-refractivity contribution in [3.05, 3.63) is 52.9 Å². The van der Waals surface area contributed by atoms with Crippen LogP contribution in [0.1, 0.15) is 31.9 Å². The summed E-state index contributed by atoms with van der Waals surface area (Å²) in [5, 5.41) is 1.81. The third-order valence-corrected chi connectivity index (χ3v) is 7.92. The quantitative estimate of drug-likeness (QED) is 0.817. The third-order valence-electron chi connectivity index (χ3n) is 4.65. The SMILES string of the molecule is CC(C)(C)c1ccc(CN2CCN(S(=O)(=O)c3cccs3)CC2)cc1. The molecule has 0 amide bonds. The molecule has 0 saturated carbocycles. The fourth-order valence-electron chi connectivity index (χ4n) is 3.03. The van der Waals surface area contributed by atoms with Crippen molar-refractivity contribution >= 4 is 21.4 Å². The molecular formula is C19H26N2O2S2. The van der Waals surface area contributed by atoms with E-state index in [1.165, 1.54) is 22.5 Å². The number of sulfonamides is 1. The zero-order chi connectivity index (χ0) is 18.1. The smallest absolute Gasteiger partial charge is 0.252 e. The number of benzene rings is 1. The van der Waals surface area contributed by atoms with E-state index in [1.807, 2.05) is 5.38 Å². The molecule has 2 aromatic rings. The van der Waals surface area contributed by atoms with Gasteiger partial charge in [-0.25, -0.2) is 8.42 Å². The van der Waals surface area contributed by atoms with Crippen LogP contribution in [0.2, 0.25) is 0 Å². The highest BCUT2D eigenvalue weighted by Crippen LogP contribution is 2.24. The van der Waals surface area contributed by atoms with Crippen LogP contribution in [0.25, 0.3) is 0 Å². The van der Waals surface area contributed by atoms with Crippen molar-refractivity contribution in [3.63, 3.8) is 0 Å². The molecule has 6 heteroatoms. The largest absolute Gasteiger partial charge is 0.296 e. The third kappa shape index (κ3) is 4.31. The van der Waals surface area contributed by atoms with E-state index in [1.54, 1.807) is 16.4 Å². The molecule has 1 aromatic heterocycles. The Morgan fingerprint density at radius 2 is 1.64 bits per heavy atom. The van der Waals surface area contributed by atoms with Crippen molar-refractivity contribution < 1.29 is 8.42 Å². The molecule has 25 heavy (non-hydrogen) atoms. The molecule has 1 aliphatic heterocycles. The Labute approximate surface area is 155 Å². The molecule has 1 saturated heterocycles. The van der Waals surface area contributed by atoms with Gasteiger partial charge < -0.3 is 0 Å². The van der Waals surface area contributed by atoms with Crippen LogP contribution < -0.4 is 0 Å². The lowest BCUT2D eigenvalue weighted by atomic mass is 9.87. The van der Waals surface area contributed by atoms with Gasteiger partial charge in [0.05, 0.1) is 0 Å². The van der Waals surface area contributed by atoms with E-state index in [0.717, 1.165) is 19.6 Å². The summed E-state index contributed by atoms with van der Waals surface area (Å²) in [4.78, 5) is 2.33. The second kappa shape index (κ2) is 7.19. The Morgan fingerprint density at radius 1 is 1.00 bits per heavy atom. The number of nitrogens with zero attached hydrogens (tertiary/aromatic N) is 2. The Hall–Kier alpha value is -1.21. The summed E-state index contributed by atoms with van der Waals surface area (Å²) in [6.45, 7) is 10.2. The monoisotopic (exact) mass is 378 g/mol. The van der Waals surface area contributed by atoms with Gasteiger partial charge in [-0.1, -0.05) is 51.1 Å². The second-order valence-corrected chi connectivity index (χ2v) is 10.7. The normalized spacial score (nSPS) is 17.7. The highest BCUT2D eigenvalue weighted by molar-refractivity contribution is 7.91. The molecule has 136 valence electrons. The van der Waals surface area contributed by atoms with Crippen molar-refractivity contribution in [3.8, 4) is 0 Å². The molecule has 3 rings (SSSR count). The summed E-state index contributed by atoms with van der Waals surface area (Å²) in [5.74, 6) is 0. The van der Waals surface area contributed by atoms with E-state index in [9.17, 15) is 8.42 Å². The lowest BCUT2D eigenvalue weighted by Gasteiger charge is -2.33. The maximum Gasteiger partial charge on any atom is 0.252 e. The Kier molecular flexibility index (Phi) is 5.34. The molecule has 1 aromatic carbocycles. The molecule has 1 fully saturated rings. The van der Waals surface area contributed by atoms with Gasteiger partial charge in [-0.15, -0.1) is 11.3 Å². The Bertz CT molecular complexity index is 783. The maximum atomic E-state index is 12.6. The van der Waals surface area contributed by atoms with Gasteiger partial charge in [-0.05, 0) is 28.0 Å². The highest BCUT2D eigenvalue weighted by atomic mass is 32.2. The average Bonchev–Trinajstić information content (AvgIpc) is 3.10. The van der Waals surface area contributed by atoms with Crippen molar-refractivity contribution in [2.24, 2.45) is 0 Å². The molecule has 1 aliphatic rings. The topological polar surface area (TPSA) is 40.6 Å². The van der Waals surface area contributed by atoms with Crippen molar-refractivity contribution in [2.75, 3.05) is 26.2 Å². The van der Waals surface area contributed by atoms with Crippen molar-refractivity contribution in [2.45, 2.75) is 36.9 Å². The van der Waals surface area contributed by atoms with E-state index >= 15 is 0 Å². The lowest BCUT2D eigenvalue weighted by Crippen LogP contribution is -2.48. The second-order valence-electron chi connectivity index (χ2n) is 7.56. The van der Waals surface area contributed by atoms with Crippen LogP contribution in [0, 0.1) is 0 Å². The fourth-order valence-corrected chi connectivity index (χ4v) is 5.60. The van der Waals surface area contributed by atoms with Crippen LogP contribution in [-0.4, -0.2) is 43.8 Å². The number of thiophene rings is 1. The van der Waals surface area contributed by atoms with E-state index in [-0.39, 0.29) is 5.41 Å². The first-order valence-corrected chi connectivity index (χ1v) is 10.9. The highest BCUT2D eigenvalue weighted by Gasteiger charge is 2.29. The number of rotatable bonds is 4. The first kappa shape index (κ1) is 18.6. The van der Waals surface area contributed by atoms with Crippen LogP contribution in [-0.2, 0) is 22.0 Å². The van der Waals surface area contributed by atoms with Gasteiger partial charge in [-0.2, -0.15) is 4.31 Å². The summed E-state index contributed by atoms with van der Waals surface area (Å²) in [7, 11) is -3.31. The molecule has 0 spiro atoms. The lowest BCUT2D eigenvalue weighted by molar-refractivity contribution is 0.182. The van der Waals surface area contributed by atoms with Gasteiger partial charge in [0.2, 0.25) is 0 Å². The molecule has 4 nitrogen and oxygen atoms in total. The first-order valence-electron chi connectivity index (χ1n) is 8.62. The molecule has 0 atom stereocenters. The first-order chi connectivity index (χ1) is 11.8. The minimum absolute atomic E-state index is 0.167. The number of hydrogen-bond acceptors (Lipinski definition) is 4. The summed E-state index contributed by atoms with van der Waals surface area (Å²) < 4.78 is 27.2. The fraction of sp³-hybridized carbons (Fsp3) is 0.474. The van der Waals surface area contributed by atoms with E-state index in [4.69, 9.17) is 0 Å². The summed E-state index contributed by atoms with van der Waals surface area (Å²) in [6, 6.07) is 12.3.